The van der Waals surface area contributed by atoms with Gasteiger partial charge in [0, 0.05) is 6.20 Å². The Morgan fingerprint density at radius 3 is 2.58 bits per heavy atom. The molecule has 0 amide bonds. The summed E-state index contributed by atoms with van der Waals surface area (Å²) in [7, 11) is 0. The molecule has 0 aliphatic carbocycles. The van der Waals surface area contributed by atoms with E-state index in [4.69, 9.17) is 9.84 Å². The Balaban J connectivity index is 2.26. The molecule has 0 bridgehead atoms. The summed E-state index contributed by atoms with van der Waals surface area (Å²) in [6.45, 7) is 1.51. The van der Waals surface area contributed by atoms with E-state index in [1.165, 1.54) is 18.3 Å². The lowest BCUT2D eigenvalue weighted by molar-refractivity contribution is -0.134. The van der Waals surface area contributed by atoms with E-state index in [0.29, 0.717) is 6.42 Å². The molecular weight excluding hydrogens is 315 g/mol. The van der Waals surface area contributed by atoms with Crippen molar-refractivity contribution in [2.45, 2.75) is 13.3 Å². The maximum absolute atomic E-state index is 13.0. The van der Waals surface area contributed by atoms with E-state index in [9.17, 15) is 14.0 Å². The molecule has 0 radical (unpaired) electrons. The Hall–Kier alpha value is -2.96. The van der Waals surface area contributed by atoms with E-state index in [-0.39, 0.29) is 30.4 Å². The van der Waals surface area contributed by atoms with E-state index in [1.54, 1.807) is 25.1 Å². The van der Waals surface area contributed by atoms with Crippen molar-refractivity contribution < 1.29 is 23.8 Å². The summed E-state index contributed by atoms with van der Waals surface area (Å²) in [5, 5.41) is 11.5. The van der Waals surface area contributed by atoms with Gasteiger partial charge < -0.3 is 15.2 Å². The van der Waals surface area contributed by atoms with Gasteiger partial charge in [-0.05, 0) is 42.7 Å². The van der Waals surface area contributed by atoms with Gasteiger partial charge >= 0.3 is 11.9 Å². The van der Waals surface area contributed by atoms with E-state index in [2.05, 4.69) is 10.3 Å². The Morgan fingerprint density at radius 2 is 1.96 bits per heavy atom. The first-order valence-electron chi connectivity index (χ1n) is 7.35. The van der Waals surface area contributed by atoms with Crippen LogP contribution in [-0.4, -0.2) is 35.2 Å². The van der Waals surface area contributed by atoms with E-state index in [0.717, 1.165) is 11.1 Å². The minimum Gasteiger partial charge on any atom is -0.480 e. The van der Waals surface area contributed by atoms with Gasteiger partial charge in [-0.2, -0.15) is 0 Å². The third-order valence-electron chi connectivity index (χ3n) is 3.16. The van der Waals surface area contributed by atoms with Crippen LogP contribution in [0.3, 0.4) is 0 Å². The first-order chi connectivity index (χ1) is 11.5. The molecule has 2 aromatic rings. The number of carboxylic acid groups (broad SMARTS) is 1. The molecule has 0 atom stereocenters. The second kappa shape index (κ2) is 8.05. The number of anilines is 1. The molecule has 1 aromatic carbocycles. The van der Waals surface area contributed by atoms with Gasteiger partial charge in [-0.1, -0.05) is 12.1 Å². The van der Waals surface area contributed by atoms with E-state index >= 15 is 0 Å². The van der Waals surface area contributed by atoms with Gasteiger partial charge in [-0.3, -0.25) is 4.79 Å². The fourth-order valence-electron chi connectivity index (χ4n) is 2.11. The van der Waals surface area contributed by atoms with Crippen LogP contribution in [0.25, 0.3) is 0 Å². The van der Waals surface area contributed by atoms with Gasteiger partial charge in [-0.15, -0.1) is 0 Å². The number of nitrogens with zero attached hydrogens (tertiary/aromatic N) is 1. The third-order valence-corrected chi connectivity index (χ3v) is 3.16. The summed E-state index contributed by atoms with van der Waals surface area (Å²) >= 11 is 0. The number of rotatable bonds is 7. The average molecular weight is 332 g/mol. The Kier molecular flexibility index (Phi) is 5.83. The second-order valence-electron chi connectivity index (χ2n) is 5.01. The fourth-order valence-corrected chi connectivity index (χ4v) is 2.11. The Bertz CT molecular complexity index is 732. The van der Waals surface area contributed by atoms with Gasteiger partial charge in [0.05, 0.1) is 12.3 Å². The molecule has 24 heavy (non-hydrogen) atoms. The number of carboxylic acids is 1. The van der Waals surface area contributed by atoms with Crippen LogP contribution in [0.15, 0.2) is 36.5 Å². The monoisotopic (exact) mass is 332 g/mol. The van der Waals surface area contributed by atoms with Crippen LogP contribution in [0.4, 0.5) is 10.1 Å². The molecule has 0 fully saturated rings. The third kappa shape index (κ3) is 4.77. The number of benzene rings is 1. The van der Waals surface area contributed by atoms with E-state index in [1.807, 2.05) is 0 Å². The number of hydrogen-bond acceptors (Lipinski definition) is 5. The summed E-state index contributed by atoms with van der Waals surface area (Å²) in [4.78, 5) is 26.7. The topological polar surface area (TPSA) is 88.5 Å². The number of carbonyl (C=O) groups excluding carboxylic acids is 1. The quantitative estimate of drug-likeness (QED) is 0.757. The van der Waals surface area contributed by atoms with Crippen molar-refractivity contribution in [2.24, 2.45) is 0 Å². The number of aromatic nitrogens is 1. The first kappa shape index (κ1) is 17.4. The van der Waals surface area contributed by atoms with Crippen molar-refractivity contribution in [3.8, 4) is 0 Å². The lowest BCUT2D eigenvalue weighted by Gasteiger charge is -2.11. The van der Waals surface area contributed by atoms with Gasteiger partial charge in [0.15, 0.2) is 5.69 Å². The van der Waals surface area contributed by atoms with Crippen molar-refractivity contribution in [3.05, 3.63) is 59.2 Å². The molecule has 2 N–H and O–H groups in total. The predicted octanol–water partition coefficient (Wildman–Crippen LogP) is 2.48. The molecule has 0 unspecified atom stereocenters. The number of hydrogen-bond donors (Lipinski definition) is 2. The highest BCUT2D eigenvalue weighted by atomic mass is 19.1. The minimum absolute atomic E-state index is 0.0287. The number of aliphatic carboxylic acids is 1. The number of pyridine rings is 1. The maximum Gasteiger partial charge on any atom is 0.359 e. The number of nitrogens with one attached hydrogen (secondary N) is 1. The SMILES string of the molecule is CCOC(=O)c1ncc(Cc2ccc(F)cc2)cc1NCC(=O)O. The van der Waals surface area contributed by atoms with Gasteiger partial charge in [0.1, 0.15) is 12.4 Å². The van der Waals surface area contributed by atoms with Crippen LogP contribution in [0.2, 0.25) is 0 Å². The molecule has 0 aliphatic heterocycles. The first-order valence-corrected chi connectivity index (χ1v) is 7.35. The molecule has 2 rings (SSSR count). The molecule has 0 spiro atoms. The largest absolute Gasteiger partial charge is 0.480 e. The summed E-state index contributed by atoms with van der Waals surface area (Å²) < 4.78 is 17.9. The highest BCUT2D eigenvalue weighted by Crippen LogP contribution is 2.19. The number of ether oxygens (including phenoxy) is 1. The summed E-state index contributed by atoms with van der Waals surface area (Å²) in [6, 6.07) is 7.67. The van der Waals surface area contributed by atoms with Crippen LogP contribution in [0.1, 0.15) is 28.5 Å². The van der Waals surface area contributed by atoms with Crippen LogP contribution < -0.4 is 5.32 Å². The predicted molar refractivity (Wildman–Crippen MR) is 85.5 cm³/mol. The lowest BCUT2D eigenvalue weighted by Crippen LogP contribution is -2.17. The lowest BCUT2D eigenvalue weighted by atomic mass is 10.1. The van der Waals surface area contributed by atoms with Gasteiger partial charge in [0.2, 0.25) is 0 Å². The minimum atomic E-state index is -1.06. The highest BCUT2D eigenvalue weighted by Gasteiger charge is 2.16. The fraction of sp³-hybridized carbons (Fsp3) is 0.235. The molecule has 0 aliphatic rings. The number of esters is 1. The highest BCUT2D eigenvalue weighted by molar-refractivity contribution is 5.94. The molecular formula is C17H17FN2O4. The van der Waals surface area contributed by atoms with Crippen molar-refractivity contribution in [3.63, 3.8) is 0 Å². The standard InChI is InChI=1S/C17H17FN2O4/c1-2-24-17(23)16-14(19-10-15(21)22)8-12(9-20-16)7-11-3-5-13(18)6-4-11/h3-6,8-9,19H,2,7,10H2,1H3,(H,21,22). The molecule has 126 valence electrons. The second-order valence-corrected chi connectivity index (χ2v) is 5.01. The Labute approximate surface area is 138 Å². The molecule has 7 heteroatoms. The van der Waals surface area contributed by atoms with Crippen LogP contribution in [-0.2, 0) is 16.0 Å². The van der Waals surface area contributed by atoms with Crippen LogP contribution in [0, 0.1) is 5.82 Å². The molecule has 1 heterocycles. The number of carbonyl (C=O) groups is 2. The Morgan fingerprint density at radius 1 is 1.25 bits per heavy atom. The average Bonchev–Trinajstić information content (AvgIpc) is 2.55. The smallest absolute Gasteiger partial charge is 0.359 e. The zero-order valence-corrected chi connectivity index (χ0v) is 13.1. The summed E-state index contributed by atoms with van der Waals surface area (Å²) in [5.41, 5.74) is 1.94. The number of halogens is 1. The van der Waals surface area contributed by atoms with E-state index < -0.39 is 11.9 Å². The van der Waals surface area contributed by atoms with Crippen LogP contribution >= 0.6 is 0 Å². The van der Waals surface area contributed by atoms with Gasteiger partial charge in [-0.25, -0.2) is 14.2 Å². The zero-order valence-electron chi connectivity index (χ0n) is 13.1. The van der Waals surface area contributed by atoms with Gasteiger partial charge in [0.25, 0.3) is 0 Å². The van der Waals surface area contributed by atoms with Crippen LogP contribution in [0.5, 0.6) is 0 Å². The van der Waals surface area contributed by atoms with Crippen molar-refractivity contribution in [1.82, 2.24) is 4.98 Å². The molecule has 6 nitrogen and oxygen atoms in total. The van der Waals surface area contributed by atoms with Crippen molar-refractivity contribution in [2.75, 3.05) is 18.5 Å². The molecule has 0 saturated heterocycles. The maximum atomic E-state index is 13.0. The summed E-state index contributed by atoms with van der Waals surface area (Å²) in [6.07, 6.45) is 1.99. The van der Waals surface area contributed by atoms with Crippen molar-refractivity contribution in [1.29, 1.82) is 0 Å². The van der Waals surface area contributed by atoms with Crippen molar-refractivity contribution >= 4 is 17.6 Å². The molecule has 0 saturated carbocycles. The summed E-state index contributed by atoms with van der Waals surface area (Å²) in [5.74, 6) is -2.01. The normalized spacial score (nSPS) is 10.2. The zero-order chi connectivity index (χ0) is 17.5. The molecule has 1 aromatic heterocycles.